The fourth-order valence-electron chi connectivity index (χ4n) is 4.45. The zero-order chi connectivity index (χ0) is 19.6. The van der Waals surface area contributed by atoms with Gasteiger partial charge in [0.2, 0.25) is 0 Å². The van der Waals surface area contributed by atoms with Crippen molar-refractivity contribution in [1.82, 2.24) is 0 Å². The van der Waals surface area contributed by atoms with E-state index in [0.717, 1.165) is 19.3 Å². The van der Waals surface area contributed by atoms with Crippen molar-refractivity contribution in [1.29, 1.82) is 0 Å². The van der Waals surface area contributed by atoms with E-state index in [1.807, 2.05) is 41.5 Å². The van der Waals surface area contributed by atoms with Crippen LogP contribution in [0, 0.1) is 17.3 Å². The van der Waals surface area contributed by atoms with Crippen LogP contribution < -0.4 is 0 Å². The smallest absolute Gasteiger partial charge is 0.312 e. The first kappa shape index (κ1) is 21.2. The van der Waals surface area contributed by atoms with Crippen molar-refractivity contribution in [3.05, 3.63) is 0 Å². The summed E-state index contributed by atoms with van der Waals surface area (Å²) in [6.07, 6.45) is 8.43. The largest absolute Gasteiger partial charge is 0.460 e. The molecule has 4 nitrogen and oxygen atoms in total. The van der Waals surface area contributed by atoms with Gasteiger partial charge in [0.15, 0.2) is 0 Å². The van der Waals surface area contributed by atoms with Crippen LogP contribution in [0.4, 0.5) is 0 Å². The maximum Gasteiger partial charge on any atom is 0.312 e. The zero-order valence-electron chi connectivity index (χ0n) is 17.7. The van der Waals surface area contributed by atoms with Crippen molar-refractivity contribution in [2.75, 3.05) is 0 Å². The van der Waals surface area contributed by atoms with Gasteiger partial charge in [-0.2, -0.15) is 0 Å². The van der Waals surface area contributed by atoms with Gasteiger partial charge in [0.1, 0.15) is 11.2 Å². The number of fused-ring (bicyclic) bond motifs is 2. The molecule has 2 bridgehead atoms. The molecule has 2 unspecified atom stereocenters. The Labute approximate surface area is 159 Å². The average molecular weight is 367 g/mol. The normalized spacial score (nSPS) is 29.2. The number of rotatable bonds is 6. The lowest BCUT2D eigenvalue weighted by molar-refractivity contribution is -0.183. The van der Waals surface area contributed by atoms with Gasteiger partial charge in [0.25, 0.3) is 0 Å². The Hall–Kier alpha value is -1.06. The summed E-state index contributed by atoms with van der Waals surface area (Å²) in [5, 5.41) is 0. The highest BCUT2D eigenvalue weighted by molar-refractivity contribution is 5.76. The third-order valence-corrected chi connectivity index (χ3v) is 6.16. The first-order chi connectivity index (χ1) is 11.9. The summed E-state index contributed by atoms with van der Waals surface area (Å²) in [5.41, 5.74) is -1.45. The SMILES string of the molecule is CCC(C)(C)C(=O)OC1(CCC(=O)OC(C)(C)C)CC2CCCC(C2)C1. The van der Waals surface area contributed by atoms with Gasteiger partial charge in [-0.3, -0.25) is 9.59 Å². The van der Waals surface area contributed by atoms with Gasteiger partial charge < -0.3 is 9.47 Å². The summed E-state index contributed by atoms with van der Waals surface area (Å²) in [6.45, 7) is 11.6. The summed E-state index contributed by atoms with van der Waals surface area (Å²) in [6, 6.07) is 0. The van der Waals surface area contributed by atoms with Gasteiger partial charge >= 0.3 is 11.9 Å². The van der Waals surface area contributed by atoms with Crippen LogP contribution in [-0.4, -0.2) is 23.1 Å². The zero-order valence-corrected chi connectivity index (χ0v) is 17.7. The Morgan fingerprint density at radius 1 is 1.04 bits per heavy atom. The molecule has 2 atom stereocenters. The van der Waals surface area contributed by atoms with Crippen LogP contribution in [0.3, 0.4) is 0 Å². The van der Waals surface area contributed by atoms with Crippen LogP contribution in [0.15, 0.2) is 0 Å². The van der Waals surface area contributed by atoms with E-state index in [2.05, 4.69) is 0 Å². The molecule has 0 amide bonds. The van der Waals surface area contributed by atoms with Crippen molar-refractivity contribution in [2.45, 2.75) is 111 Å². The summed E-state index contributed by atoms with van der Waals surface area (Å²) in [5.74, 6) is 0.930. The van der Waals surface area contributed by atoms with Crippen LogP contribution in [0.1, 0.15) is 99.3 Å². The second-order valence-electron chi connectivity index (χ2n) is 10.2. The summed E-state index contributed by atoms with van der Waals surface area (Å²) in [4.78, 5) is 25.1. The van der Waals surface area contributed by atoms with Crippen LogP contribution in [0.25, 0.3) is 0 Å². The maximum atomic E-state index is 12.8. The third-order valence-electron chi connectivity index (χ3n) is 6.16. The second kappa shape index (κ2) is 7.90. The van der Waals surface area contributed by atoms with E-state index in [4.69, 9.17) is 9.47 Å². The van der Waals surface area contributed by atoms with E-state index < -0.39 is 16.6 Å². The van der Waals surface area contributed by atoms with Crippen LogP contribution in [0.5, 0.6) is 0 Å². The molecule has 0 aromatic heterocycles. The molecular formula is C22H38O4. The van der Waals surface area contributed by atoms with E-state index in [1.54, 1.807) is 0 Å². The number of carbonyl (C=O) groups is 2. The fraction of sp³-hybridized carbons (Fsp3) is 0.909. The molecule has 2 saturated carbocycles. The van der Waals surface area contributed by atoms with Gasteiger partial charge in [0.05, 0.1) is 5.41 Å². The van der Waals surface area contributed by atoms with Crippen LogP contribution in [-0.2, 0) is 19.1 Å². The predicted octanol–water partition coefficient (Wildman–Crippen LogP) is 5.43. The molecule has 0 saturated heterocycles. The van der Waals surface area contributed by atoms with Crippen molar-refractivity contribution >= 4 is 11.9 Å². The maximum absolute atomic E-state index is 12.8. The number of hydrogen-bond acceptors (Lipinski definition) is 4. The van der Waals surface area contributed by atoms with Crippen LogP contribution >= 0.6 is 0 Å². The molecule has 0 aromatic carbocycles. The van der Waals surface area contributed by atoms with Gasteiger partial charge in [-0.1, -0.05) is 26.2 Å². The highest BCUT2D eigenvalue weighted by Gasteiger charge is 2.46. The number of ether oxygens (including phenoxy) is 2. The first-order valence-electron chi connectivity index (χ1n) is 10.4. The van der Waals surface area contributed by atoms with Crippen molar-refractivity contribution in [2.24, 2.45) is 17.3 Å². The molecule has 0 spiro atoms. The van der Waals surface area contributed by atoms with E-state index in [1.165, 1.54) is 25.7 Å². The minimum Gasteiger partial charge on any atom is -0.460 e. The summed E-state index contributed by atoms with van der Waals surface area (Å²) < 4.78 is 11.7. The Kier molecular flexibility index (Phi) is 6.45. The Bertz CT molecular complexity index is 503. The molecule has 0 radical (unpaired) electrons. The molecule has 0 aliphatic heterocycles. The molecule has 0 heterocycles. The number of carbonyl (C=O) groups excluding carboxylic acids is 2. The monoisotopic (exact) mass is 366 g/mol. The van der Waals surface area contributed by atoms with E-state index in [-0.39, 0.29) is 11.9 Å². The number of esters is 2. The third kappa shape index (κ3) is 5.72. The molecule has 150 valence electrons. The Morgan fingerprint density at radius 3 is 2.12 bits per heavy atom. The molecule has 2 aliphatic carbocycles. The van der Waals surface area contributed by atoms with Gasteiger partial charge in [-0.15, -0.1) is 0 Å². The van der Waals surface area contributed by atoms with Gasteiger partial charge in [-0.05, 0) is 78.6 Å². The van der Waals surface area contributed by atoms with Crippen molar-refractivity contribution in [3.8, 4) is 0 Å². The second-order valence-corrected chi connectivity index (χ2v) is 10.2. The molecule has 0 N–H and O–H groups in total. The molecule has 26 heavy (non-hydrogen) atoms. The molecular weight excluding hydrogens is 328 g/mol. The molecule has 2 aliphatic rings. The molecule has 2 fully saturated rings. The quantitative estimate of drug-likeness (QED) is 0.588. The Balaban J connectivity index is 2.11. The topological polar surface area (TPSA) is 52.6 Å². The molecule has 2 rings (SSSR count). The lowest BCUT2D eigenvalue weighted by Gasteiger charge is -2.47. The van der Waals surface area contributed by atoms with E-state index >= 15 is 0 Å². The molecule has 0 aromatic rings. The highest BCUT2D eigenvalue weighted by atomic mass is 16.6. The summed E-state index contributed by atoms with van der Waals surface area (Å²) >= 11 is 0. The van der Waals surface area contributed by atoms with E-state index in [9.17, 15) is 9.59 Å². The highest BCUT2D eigenvalue weighted by Crippen LogP contribution is 2.48. The van der Waals surface area contributed by atoms with Crippen LogP contribution in [0.2, 0.25) is 0 Å². The predicted molar refractivity (Wildman–Crippen MR) is 103 cm³/mol. The summed E-state index contributed by atoms with van der Waals surface area (Å²) in [7, 11) is 0. The minimum atomic E-state index is -0.492. The average Bonchev–Trinajstić information content (AvgIpc) is 2.51. The number of hydrogen-bond donors (Lipinski definition) is 0. The Morgan fingerprint density at radius 2 is 1.62 bits per heavy atom. The van der Waals surface area contributed by atoms with Crippen molar-refractivity contribution < 1.29 is 19.1 Å². The first-order valence-corrected chi connectivity index (χ1v) is 10.4. The van der Waals surface area contributed by atoms with Crippen molar-refractivity contribution in [3.63, 3.8) is 0 Å². The lowest BCUT2D eigenvalue weighted by atomic mass is 9.64. The van der Waals surface area contributed by atoms with Gasteiger partial charge in [0, 0.05) is 6.42 Å². The fourth-order valence-corrected chi connectivity index (χ4v) is 4.45. The van der Waals surface area contributed by atoms with E-state index in [0.29, 0.717) is 24.7 Å². The standard InChI is InChI=1S/C22H38O4/c1-7-21(5,6)19(24)26-22(12-11-18(23)25-20(2,3)4)14-16-9-8-10-17(13-16)15-22/h16-17H,7-15H2,1-6H3. The molecule has 4 heteroatoms. The minimum absolute atomic E-state index is 0.121. The van der Waals surface area contributed by atoms with Gasteiger partial charge in [-0.25, -0.2) is 0 Å². The lowest BCUT2D eigenvalue weighted by Crippen LogP contribution is -2.47.